The Morgan fingerprint density at radius 3 is 2.00 bits per heavy atom. The third kappa shape index (κ3) is 10.2. The lowest BCUT2D eigenvalue weighted by Gasteiger charge is -2.37. The van der Waals surface area contributed by atoms with Crippen LogP contribution in [0.25, 0.3) is 0 Å². The Morgan fingerprint density at radius 1 is 0.915 bits per heavy atom. The molecule has 3 unspecified atom stereocenters. The zero-order valence-electron chi connectivity index (χ0n) is 26.5. The first kappa shape index (κ1) is 36.8. The Balaban J connectivity index is 1.60. The molecule has 0 aromatic heterocycles. The van der Waals surface area contributed by atoms with E-state index >= 15 is 0 Å². The SMILES string of the molecule is COP(=O)(CC(C(O[Si](c1ccccc1)c1ccccc1)C(=O)O)C(C)(C)C)OCc1c(Cl)cc(Cl)cc1OCc1ccc(F)cc1. The van der Waals surface area contributed by atoms with Crippen molar-refractivity contribution in [3.8, 4) is 5.75 Å². The summed E-state index contributed by atoms with van der Waals surface area (Å²) in [4.78, 5) is 12.9. The molecule has 3 atom stereocenters. The van der Waals surface area contributed by atoms with Gasteiger partial charge in [0.2, 0.25) is 0 Å². The second-order valence-corrected chi connectivity index (χ2v) is 17.0. The minimum Gasteiger partial charge on any atom is -0.488 e. The molecule has 4 rings (SSSR count). The van der Waals surface area contributed by atoms with Crippen molar-refractivity contribution in [2.75, 3.05) is 13.3 Å². The molecule has 0 aliphatic carbocycles. The summed E-state index contributed by atoms with van der Waals surface area (Å²) in [6.45, 7) is 5.41. The zero-order valence-corrected chi connectivity index (χ0v) is 29.9. The second-order valence-electron chi connectivity index (χ2n) is 11.9. The van der Waals surface area contributed by atoms with Gasteiger partial charge in [0.1, 0.15) is 24.3 Å². The quantitative estimate of drug-likeness (QED) is 0.0984. The lowest BCUT2D eigenvalue weighted by Crippen LogP contribution is -2.52. The number of ether oxygens (including phenoxy) is 1. The zero-order chi connectivity index (χ0) is 34.2. The largest absolute Gasteiger partial charge is 0.488 e. The van der Waals surface area contributed by atoms with Crippen molar-refractivity contribution in [1.82, 2.24) is 0 Å². The third-order valence-corrected chi connectivity index (χ3v) is 12.2. The molecule has 0 aliphatic heterocycles. The van der Waals surface area contributed by atoms with Gasteiger partial charge in [0.15, 0.2) is 0 Å². The van der Waals surface area contributed by atoms with E-state index in [4.69, 9.17) is 41.4 Å². The standard InChI is InChI=1S/C35H37Cl2FO7PSi/c1-35(2,3)30(33(34(39)40)45-47(27-11-7-5-8-12-27)28-13-9-6-10-14-28)23-46(41,42-4)44-22-29-31(37)19-25(36)20-32(29)43-21-24-15-17-26(38)18-16-24/h5-20,30,33H,21-23H2,1-4H3,(H,39,40). The van der Waals surface area contributed by atoms with Crippen molar-refractivity contribution in [1.29, 1.82) is 0 Å². The van der Waals surface area contributed by atoms with Crippen molar-refractivity contribution < 1.29 is 37.1 Å². The van der Waals surface area contributed by atoms with E-state index in [0.717, 1.165) is 10.4 Å². The summed E-state index contributed by atoms with van der Waals surface area (Å²) in [5.41, 5.74) is 0.381. The van der Waals surface area contributed by atoms with Gasteiger partial charge < -0.3 is 23.3 Å². The van der Waals surface area contributed by atoms with Gasteiger partial charge in [-0.05, 0) is 45.6 Å². The molecule has 47 heavy (non-hydrogen) atoms. The van der Waals surface area contributed by atoms with Crippen molar-refractivity contribution in [2.45, 2.75) is 40.1 Å². The van der Waals surface area contributed by atoms with Crippen molar-refractivity contribution in [3.05, 3.63) is 124 Å². The molecular weight excluding hydrogens is 681 g/mol. The van der Waals surface area contributed by atoms with Crippen molar-refractivity contribution in [3.63, 3.8) is 0 Å². The van der Waals surface area contributed by atoms with Gasteiger partial charge in [0.25, 0.3) is 9.04 Å². The molecule has 4 aromatic carbocycles. The normalized spacial score (nSPS) is 14.4. The number of carboxylic acid groups (broad SMARTS) is 1. The Labute approximate surface area is 286 Å². The van der Waals surface area contributed by atoms with Crippen molar-refractivity contribution in [2.24, 2.45) is 11.3 Å². The Kier molecular flexibility index (Phi) is 12.8. The number of aliphatic carboxylic acids is 1. The molecule has 0 fully saturated rings. The first-order chi connectivity index (χ1) is 22.3. The molecule has 0 aliphatic rings. The first-order valence-electron chi connectivity index (χ1n) is 14.8. The molecule has 0 heterocycles. The molecule has 249 valence electrons. The number of hydrogen-bond donors (Lipinski definition) is 1. The molecule has 0 saturated heterocycles. The monoisotopic (exact) mass is 717 g/mol. The summed E-state index contributed by atoms with van der Waals surface area (Å²) < 4.78 is 51.6. The van der Waals surface area contributed by atoms with Crippen LogP contribution in [0.3, 0.4) is 0 Å². The molecule has 0 spiro atoms. The van der Waals surface area contributed by atoms with E-state index in [1.54, 1.807) is 18.2 Å². The van der Waals surface area contributed by atoms with E-state index < -0.39 is 40.0 Å². The minimum atomic E-state index is -3.95. The molecule has 1 radical (unpaired) electrons. The van der Waals surface area contributed by atoms with Gasteiger partial charge in [0, 0.05) is 23.6 Å². The second kappa shape index (κ2) is 16.4. The first-order valence-corrected chi connectivity index (χ1v) is 18.7. The van der Waals surface area contributed by atoms with Crippen LogP contribution < -0.4 is 15.1 Å². The maximum atomic E-state index is 14.2. The topological polar surface area (TPSA) is 91.3 Å². The average molecular weight is 719 g/mol. The van der Waals surface area contributed by atoms with E-state index in [1.807, 2.05) is 81.4 Å². The molecular formula is C35H37Cl2FO7PSi. The molecule has 1 N–H and O–H groups in total. The van der Waals surface area contributed by atoms with Gasteiger partial charge >= 0.3 is 13.6 Å². The lowest BCUT2D eigenvalue weighted by atomic mass is 9.78. The average Bonchev–Trinajstić information content (AvgIpc) is 3.04. The Bertz CT molecular complexity index is 1630. The molecule has 4 aromatic rings. The van der Waals surface area contributed by atoms with Crippen LogP contribution in [0.5, 0.6) is 5.75 Å². The fourth-order valence-corrected chi connectivity index (χ4v) is 9.46. The highest BCUT2D eigenvalue weighted by molar-refractivity contribution is 7.53. The molecule has 0 saturated carbocycles. The van der Waals surface area contributed by atoms with E-state index in [-0.39, 0.29) is 36.0 Å². The summed E-state index contributed by atoms with van der Waals surface area (Å²) in [5, 5.41) is 12.8. The number of carbonyl (C=O) groups is 1. The smallest absolute Gasteiger partial charge is 0.331 e. The summed E-state index contributed by atoms with van der Waals surface area (Å²) in [7, 11) is -4.72. The summed E-state index contributed by atoms with van der Waals surface area (Å²) in [6.07, 6.45) is -1.59. The van der Waals surface area contributed by atoms with Crippen molar-refractivity contribution >= 4 is 56.2 Å². The molecule has 7 nitrogen and oxygen atoms in total. The van der Waals surface area contributed by atoms with Crippen LogP contribution in [-0.4, -0.2) is 39.5 Å². The van der Waals surface area contributed by atoms with Crippen LogP contribution in [0.15, 0.2) is 97.1 Å². The van der Waals surface area contributed by atoms with Crippen LogP contribution >= 0.6 is 30.8 Å². The van der Waals surface area contributed by atoms with E-state index in [0.29, 0.717) is 16.1 Å². The number of hydrogen-bond acceptors (Lipinski definition) is 6. The fourth-order valence-electron chi connectivity index (χ4n) is 4.91. The van der Waals surface area contributed by atoms with Gasteiger partial charge in [-0.2, -0.15) is 0 Å². The van der Waals surface area contributed by atoms with Crippen LogP contribution in [0.4, 0.5) is 4.39 Å². The highest BCUT2D eigenvalue weighted by Gasteiger charge is 2.44. The summed E-state index contributed by atoms with van der Waals surface area (Å²) >= 11 is 12.8. The van der Waals surface area contributed by atoms with Gasteiger partial charge in [-0.25, -0.2) is 9.18 Å². The van der Waals surface area contributed by atoms with E-state index in [2.05, 4.69) is 0 Å². The number of benzene rings is 4. The van der Waals surface area contributed by atoms with E-state index in [1.165, 1.54) is 25.3 Å². The molecule has 0 bridgehead atoms. The third-order valence-electron chi connectivity index (χ3n) is 7.57. The highest BCUT2D eigenvalue weighted by Crippen LogP contribution is 2.54. The maximum absolute atomic E-state index is 14.2. The van der Waals surface area contributed by atoms with Gasteiger partial charge in [-0.1, -0.05) is 117 Å². The summed E-state index contributed by atoms with van der Waals surface area (Å²) in [6, 6.07) is 27.9. The Hall–Kier alpha value is -3.01. The Morgan fingerprint density at radius 2 is 1.49 bits per heavy atom. The van der Waals surface area contributed by atoms with Crippen LogP contribution in [0.1, 0.15) is 31.9 Å². The number of rotatable bonds is 15. The summed E-state index contributed by atoms with van der Waals surface area (Å²) in [5.74, 6) is -2.07. The van der Waals surface area contributed by atoms with Gasteiger partial charge in [-0.15, -0.1) is 0 Å². The van der Waals surface area contributed by atoms with Crippen LogP contribution in [0.2, 0.25) is 10.0 Å². The fraction of sp³-hybridized carbons (Fsp3) is 0.286. The maximum Gasteiger partial charge on any atom is 0.331 e. The van der Waals surface area contributed by atoms with Gasteiger partial charge in [0.05, 0.1) is 17.8 Å². The molecule has 12 heteroatoms. The van der Waals surface area contributed by atoms with Gasteiger partial charge in [-0.3, -0.25) is 4.57 Å². The predicted molar refractivity (Wildman–Crippen MR) is 185 cm³/mol. The molecule has 0 amide bonds. The van der Waals surface area contributed by atoms with E-state index in [9.17, 15) is 18.9 Å². The number of halogens is 3. The minimum absolute atomic E-state index is 0.0858. The van der Waals surface area contributed by atoms with Crippen LogP contribution in [-0.2, 0) is 36.0 Å². The number of carboxylic acids is 1. The predicted octanol–water partition coefficient (Wildman–Crippen LogP) is 8.01. The van der Waals surface area contributed by atoms with Crippen LogP contribution in [0, 0.1) is 17.2 Å². The lowest BCUT2D eigenvalue weighted by molar-refractivity contribution is -0.149. The highest BCUT2D eigenvalue weighted by atomic mass is 35.5.